The minimum absolute atomic E-state index is 0.0248. The molecular weight excluding hydrogens is 609 g/mol. The second kappa shape index (κ2) is 12.3. The topological polar surface area (TPSA) is 121 Å². The number of nitrogens with zero attached hydrogens (tertiary/aromatic N) is 2. The number of allylic oxidation sites excluding steroid dienone is 1. The van der Waals surface area contributed by atoms with Crippen molar-refractivity contribution in [2.24, 2.45) is 5.92 Å². The van der Waals surface area contributed by atoms with Crippen molar-refractivity contribution in [3.05, 3.63) is 66.2 Å². The van der Waals surface area contributed by atoms with Gasteiger partial charge in [0.25, 0.3) is 5.19 Å². The third-order valence-electron chi connectivity index (χ3n) is 8.69. The van der Waals surface area contributed by atoms with E-state index in [9.17, 15) is 32.7 Å². The van der Waals surface area contributed by atoms with E-state index in [1.54, 1.807) is 0 Å². The molecular formula is C32H33F3N4O5S. The first-order valence-electron chi connectivity index (χ1n) is 15.0. The van der Waals surface area contributed by atoms with Crippen molar-refractivity contribution in [3.63, 3.8) is 0 Å². The van der Waals surface area contributed by atoms with E-state index >= 15 is 0 Å². The van der Waals surface area contributed by atoms with Crippen molar-refractivity contribution in [2.75, 3.05) is 11.9 Å². The van der Waals surface area contributed by atoms with Gasteiger partial charge in [-0.1, -0.05) is 54.5 Å². The molecule has 1 saturated heterocycles. The summed E-state index contributed by atoms with van der Waals surface area (Å²) in [5, 5.41) is 16.2. The van der Waals surface area contributed by atoms with Gasteiger partial charge < -0.3 is 25.4 Å². The fourth-order valence-electron chi connectivity index (χ4n) is 6.18. The molecule has 9 nitrogen and oxygen atoms in total. The van der Waals surface area contributed by atoms with E-state index in [-0.39, 0.29) is 31.0 Å². The van der Waals surface area contributed by atoms with Crippen molar-refractivity contribution in [2.45, 2.75) is 74.8 Å². The maximum atomic E-state index is 14.2. The van der Waals surface area contributed by atoms with Crippen LogP contribution in [0.25, 0.3) is 10.2 Å². The smallest absolute Gasteiger partial charge is 0.416 e. The highest BCUT2D eigenvalue weighted by atomic mass is 32.1. The number of nitrogens with one attached hydrogen (secondary N) is 2. The number of carboxylic acids is 1. The van der Waals surface area contributed by atoms with Gasteiger partial charge in [-0.05, 0) is 56.0 Å². The fourth-order valence-corrected chi connectivity index (χ4v) is 7.06. The number of amides is 2. The second-order valence-corrected chi connectivity index (χ2v) is 12.8. The molecule has 2 aromatic carbocycles. The molecule has 2 fully saturated rings. The molecule has 2 aliphatic heterocycles. The SMILES string of the molecule is O=C1N[C@]2(C(=O)O)C[C@H]2/C=C\CCCCC[C@H](Nc2cccc(C(F)(F)F)c2)C(=O)N2C[C@H](Oc3nc4ccccc4s3)C[C@@H]12. The predicted molar refractivity (Wildman–Crippen MR) is 162 cm³/mol. The molecule has 1 saturated carbocycles. The van der Waals surface area contributed by atoms with Gasteiger partial charge in [-0.2, -0.15) is 13.2 Å². The average Bonchev–Trinajstić information content (AvgIpc) is 3.31. The number of hydrogen-bond donors (Lipinski definition) is 3. The van der Waals surface area contributed by atoms with Gasteiger partial charge in [0.1, 0.15) is 23.7 Å². The van der Waals surface area contributed by atoms with Crippen LogP contribution in [0.4, 0.5) is 18.9 Å². The predicted octanol–water partition coefficient (Wildman–Crippen LogP) is 5.62. The summed E-state index contributed by atoms with van der Waals surface area (Å²) >= 11 is 1.34. The lowest BCUT2D eigenvalue weighted by atomic mass is 10.0. The molecule has 3 aromatic rings. The van der Waals surface area contributed by atoms with Crippen LogP contribution in [-0.4, -0.2) is 63.0 Å². The van der Waals surface area contributed by atoms with Crippen molar-refractivity contribution < 1.29 is 37.4 Å². The van der Waals surface area contributed by atoms with Crippen molar-refractivity contribution >= 4 is 45.0 Å². The van der Waals surface area contributed by atoms with Crippen LogP contribution in [-0.2, 0) is 20.6 Å². The van der Waals surface area contributed by atoms with Crippen LogP contribution < -0.4 is 15.4 Å². The van der Waals surface area contributed by atoms with E-state index in [1.165, 1.54) is 28.4 Å². The zero-order chi connectivity index (χ0) is 31.8. The molecule has 0 spiro atoms. The quantitative estimate of drug-likeness (QED) is 0.309. The number of fused-ring (bicyclic) bond motifs is 3. The van der Waals surface area contributed by atoms with Crippen LogP contribution in [0.1, 0.15) is 50.5 Å². The first kappa shape index (κ1) is 30.9. The third-order valence-corrected chi connectivity index (χ3v) is 9.62. The second-order valence-electron chi connectivity index (χ2n) is 11.8. The van der Waals surface area contributed by atoms with Gasteiger partial charge in [-0.25, -0.2) is 9.78 Å². The van der Waals surface area contributed by atoms with E-state index in [0.29, 0.717) is 24.5 Å². The summed E-state index contributed by atoms with van der Waals surface area (Å²) in [7, 11) is 0. The van der Waals surface area contributed by atoms with Gasteiger partial charge in [0.2, 0.25) is 11.8 Å². The van der Waals surface area contributed by atoms with E-state index < -0.39 is 53.2 Å². The Kier molecular flexibility index (Phi) is 8.47. The Balaban J connectivity index is 1.30. The molecule has 1 aliphatic carbocycles. The molecule has 2 amide bonds. The largest absolute Gasteiger partial charge is 0.479 e. The zero-order valence-electron chi connectivity index (χ0n) is 24.3. The van der Waals surface area contributed by atoms with Crippen molar-refractivity contribution in [1.29, 1.82) is 0 Å². The molecule has 0 radical (unpaired) electrons. The van der Waals surface area contributed by atoms with Gasteiger partial charge in [0, 0.05) is 18.0 Å². The standard InChI is InChI=1S/C32H33F3N4O5S/c33-32(34,35)19-10-8-11-21(15-19)36-24-13-5-3-1-2-4-9-20-17-31(20,29(42)43)38-27(40)25-16-22(18-39(25)28(24)41)44-30-37-23-12-6-7-14-26(23)45-30/h4,6-12,14-15,20,22,24-25,36H,1-3,5,13,16-18H2,(H,38,40)(H,42,43)/b9-4-/t20-,22-,24+,25+,31-/m1/s1. The molecule has 0 bridgehead atoms. The Hall–Kier alpha value is -4.13. The number of thiazole rings is 1. The molecule has 238 valence electrons. The molecule has 1 aromatic heterocycles. The van der Waals surface area contributed by atoms with Crippen molar-refractivity contribution in [3.8, 4) is 5.19 Å². The summed E-state index contributed by atoms with van der Waals surface area (Å²) in [6, 6.07) is 10.2. The number of para-hydroxylation sites is 1. The number of alkyl halides is 3. The van der Waals surface area contributed by atoms with Crippen LogP contribution in [0, 0.1) is 5.92 Å². The number of hydrogen-bond acceptors (Lipinski definition) is 7. The number of aromatic nitrogens is 1. The fraction of sp³-hybridized carbons (Fsp3) is 0.438. The number of aliphatic carboxylic acids is 1. The highest BCUT2D eigenvalue weighted by molar-refractivity contribution is 7.20. The van der Waals surface area contributed by atoms with Crippen LogP contribution in [0.15, 0.2) is 60.7 Å². The van der Waals surface area contributed by atoms with Crippen LogP contribution >= 0.6 is 11.3 Å². The highest BCUT2D eigenvalue weighted by Crippen LogP contribution is 2.45. The number of halogens is 3. The van der Waals surface area contributed by atoms with Gasteiger partial charge in [-0.3, -0.25) is 9.59 Å². The van der Waals surface area contributed by atoms with Gasteiger partial charge in [0.05, 0.1) is 22.3 Å². The van der Waals surface area contributed by atoms with Crippen molar-refractivity contribution in [1.82, 2.24) is 15.2 Å². The molecule has 5 atom stereocenters. The first-order chi connectivity index (χ1) is 21.5. The number of carbonyl (C=O) groups is 3. The third kappa shape index (κ3) is 6.63. The summed E-state index contributed by atoms with van der Waals surface area (Å²) in [6.07, 6.45) is 2.15. The lowest BCUT2D eigenvalue weighted by Gasteiger charge is -2.30. The highest BCUT2D eigenvalue weighted by Gasteiger charge is 2.61. The van der Waals surface area contributed by atoms with E-state index in [0.717, 1.165) is 35.2 Å². The number of carboxylic acid groups (broad SMARTS) is 1. The van der Waals surface area contributed by atoms with Crippen LogP contribution in [0.3, 0.4) is 0 Å². The molecule has 6 rings (SSSR count). The minimum Gasteiger partial charge on any atom is -0.479 e. The number of ether oxygens (including phenoxy) is 1. The molecule has 13 heteroatoms. The Bertz CT molecular complexity index is 1590. The summed E-state index contributed by atoms with van der Waals surface area (Å²) in [6.45, 7) is 0.0248. The monoisotopic (exact) mass is 642 g/mol. The molecule has 3 heterocycles. The Morgan fingerprint density at radius 1 is 1.13 bits per heavy atom. The summed E-state index contributed by atoms with van der Waals surface area (Å²) in [4.78, 5) is 46.2. The van der Waals surface area contributed by atoms with E-state index in [2.05, 4.69) is 15.6 Å². The molecule has 45 heavy (non-hydrogen) atoms. The number of carbonyl (C=O) groups excluding carboxylic acids is 2. The van der Waals surface area contributed by atoms with Crippen LogP contribution in [0.5, 0.6) is 5.19 Å². The zero-order valence-corrected chi connectivity index (χ0v) is 25.1. The normalized spacial score (nSPS) is 28.3. The molecule has 3 N–H and O–H groups in total. The minimum atomic E-state index is -4.55. The van der Waals surface area contributed by atoms with Gasteiger partial charge in [0.15, 0.2) is 0 Å². The maximum absolute atomic E-state index is 14.2. The van der Waals surface area contributed by atoms with Crippen LogP contribution in [0.2, 0.25) is 0 Å². The lowest BCUT2D eigenvalue weighted by molar-refractivity contribution is -0.145. The van der Waals surface area contributed by atoms with Gasteiger partial charge >= 0.3 is 12.1 Å². The molecule has 3 aliphatic rings. The number of rotatable bonds is 5. The summed E-state index contributed by atoms with van der Waals surface area (Å²) < 4.78 is 47.4. The number of benzene rings is 2. The Morgan fingerprint density at radius 3 is 2.73 bits per heavy atom. The van der Waals surface area contributed by atoms with Gasteiger partial charge in [-0.15, -0.1) is 0 Å². The summed E-state index contributed by atoms with van der Waals surface area (Å²) in [5.74, 6) is -2.57. The maximum Gasteiger partial charge on any atom is 0.416 e. The average molecular weight is 643 g/mol. The molecule has 0 unspecified atom stereocenters. The Labute approximate surface area is 261 Å². The summed E-state index contributed by atoms with van der Waals surface area (Å²) in [5.41, 5.74) is -1.41. The first-order valence-corrected chi connectivity index (χ1v) is 15.8. The van der Waals surface area contributed by atoms with E-state index in [4.69, 9.17) is 4.74 Å². The number of anilines is 1. The van der Waals surface area contributed by atoms with E-state index in [1.807, 2.05) is 36.4 Å². The Morgan fingerprint density at radius 2 is 1.96 bits per heavy atom. The lowest BCUT2D eigenvalue weighted by Crippen LogP contribution is -2.55.